The van der Waals surface area contributed by atoms with Crippen molar-refractivity contribution in [3.63, 3.8) is 0 Å². The van der Waals surface area contributed by atoms with Gasteiger partial charge in [-0.1, -0.05) is 6.92 Å². The van der Waals surface area contributed by atoms with Crippen LogP contribution in [0.4, 0.5) is 10.2 Å². The van der Waals surface area contributed by atoms with Crippen molar-refractivity contribution in [3.8, 4) is 0 Å². The van der Waals surface area contributed by atoms with E-state index in [1.807, 2.05) is 6.92 Å². The van der Waals surface area contributed by atoms with Crippen molar-refractivity contribution in [2.24, 2.45) is 5.73 Å². The topological polar surface area (TPSA) is 138 Å². The maximum atomic E-state index is 14.0. The molecule has 8 nitrogen and oxygen atoms in total. The number of carbonyl (C=O) groups is 2. The molecule has 1 aliphatic rings. The van der Waals surface area contributed by atoms with Gasteiger partial charge in [-0.25, -0.2) is 9.37 Å². The summed E-state index contributed by atoms with van der Waals surface area (Å²) in [6.45, 7) is 1.78. The van der Waals surface area contributed by atoms with E-state index < -0.39 is 11.7 Å². The van der Waals surface area contributed by atoms with E-state index in [-0.39, 0.29) is 41.2 Å². The van der Waals surface area contributed by atoms with Crippen LogP contribution in [0.1, 0.15) is 39.9 Å². The van der Waals surface area contributed by atoms with Gasteiger partial charge in [-0.15, -0.1) is 0 Å². The van der Waals surface area contributed by atoms with Crippen molar-refractivity contribution in [1.82, 2.24) is 15.2 Å². The first-order valence-electron chi connectivity index (χ1n) is 9.73. The minimum atomic E-state index is -0.740. The van der Waals surface area contributed by atoms with Crippen LogP contribution in [0.3, 0.4) is 0 Å². The molecule has 0 fully saturated rings. The molecular weight excluding hydrogens is 399 g/mol. The maximum Gasteiger partial charge on any atom is 0.265 e. The summed E-state index contributed by atoms with van der Waals surface area (Å²) in [6, 6.07) is 5.80. The van der Waals surface area contributed by atoms with Gasteiger partial charge in [0.05, 0.1) is 12.3 Å². The number of benzene rings is 1. The van der Waals surface area contributed by atoms with Gasteiger partial charge in [0.1, 0.15) is 17.3 Å². The molecule has 162 valence electrons. The number of amides is 2. The summed E-state index contributed by atoms with van der Waals surface area (Å²) in [5, 5.41) is 11.4. The second kappa shape index (κ2) is 8.55. The van der Waals surface area contributed by atoms with E-state index in [1.165, 1.54) is 36.3 Å². The van der Waals surface area contributed by atoms with Gasteiger partial charge in [-0.2, -0.15) is 0 Å². The number of rotatable bonds is 2. The minimum absolute atomic E-state index is 0.00574. The average molecular weight is 424 g/mol. The zero-order valence-corrected chi connectivity index (χ0v) is 17.6. The van der Waals surface area contributed by atoms with Crippen molar-refractivity contribution < 1.29 is 14.0 Å². The Morgan fingerprint density at radius 1 is 1.35 bits per heavy atom. The first-order chi connectivity index (χ1) is 14.6. The van der Waals surface area contributed by atoms with Crippen LogP contribution in [-0.4, -0.2) is 48.1 Å². The van der Waals surface area contributed by atoms with Gasteiger partial charge in [0.25, 0.3) is 11.8 Å². The van der Waals surface area contributed by atoms with Crippen LogP contribution in [0.5, 0.6) is 0 Å². The Hall–Kier alpha value is -3.75. The molecule has 0 saturated heterocycles. The van der Waals surface area contributed by atoms with Gasteiger partial charge in [-0.3, -0.25) is 9.59 Å². The molecule has 2 heterocycles. The lowest BCUT2D eigenvalue weighted by molar-refractivity contribution is -0.114. The van der Waals surface area contributed by atoms with Gasteiger partial charge < -0.3 is 27.1 Å². The molecule has 2 amide bonds. The van der Waals surface area contributed by atoms with E-state index in [0.717, 1.165) is 0 Å². The third kappa shape index (κ3) is 4.25. The van der Waals surface area contributed by atoms with Crippen LogP contribution < -0.4 is 16.8 Å². The number of nitrogens with two attached hydrogens (primary N) is 2. The second-order valence-corrected chi connectivity index (χ2v) is 7.61. The van der Waals surface area contributed by atoms with E-state index in [2.05, 4.69) is 10.3 Å². The molecule has 2 aromatic rings. The van der Waals surface area contributed by atoms with Crippen molar-refractivity contribution in [2.45, 2.75) is 19.3 Å². The number of carbonyl (C=O) groups excluding carboxylic acids is 2. The standard InChI is InChI=1S/C22H25FN6O2/c1-11-6-12-7-13(9-28-20(12)25)18(19(27-2)21(26)30)17(24)10-29(3)22(31)15-5-4-14(23)8-16(11)15/h4-5,7-9,11,24,27H,6,10H2,1-3H3,(H2,25,28)(H2,26,30)/b19-18-,24-17?. The Labute approximate surface area is 179 Å². The molecule has 1 aliphatic heterocycles. The van der Waals surface area contributed by atoms with Crippen LogP contribution in [0.2, 0.25) is 0 Å². The highest BCUT2D eigenvalue weighted by atomic mass is 19.1. The fourth-order valence-corrected chi connectivity index (χ4v) is 3.83. The van der Waals surface area contributed by atoms with Crippen molar-refractivity contribution in [3.05, 3.63) is 64.2 Å². The van der Waals surface area contributed by atoms with Crippen molar-refractivity contribution >= 4 is 28.9 Å². The van der Waals surface area contributed by atoms with Crippen LogP contribution in [0.25, 0.3) is 5.57 Å². The Balaban J connectivity index is 2.28. The zero-order chi connectivity index (χ0) is 22.9. The number of likely N-dealkylation sites (N-methyl/N-ethyl adjacent to an activating group) is 1. The molecular formula is C22H25FN6O2. The lowest BCUT2D eigenvalue weighted by Crippen LogP contribution is -2.35. The molecule has 31 heavy (non-hydrogen) atoms. The number of hydrogen-bond donors (Lipinski definition) is 4. The molecule has 1 unspecified atom stereocenters. The van der Waals surface area contributed by atoms with E-state index in [9.17, 15) is 14.0 Å². The minimum Gasteiger partial charge on any atom is -0.383 e. The Morgan fingerprint density at radius 2 is 2.06 bits per heavy atom. The number of nitrogens with zero attached hydrogens (tertiary/aromatic N) is 2. The van der Waals surface area contributed by atoms with Crippen LogP contribution in [0, 0.1) is 11.2 Å². The summed E-state index contributed by atoms with van der Waals surface area (Å²) in [4.78, 5) is 30.8. The van der Waals surface area contributed by atoms with Crippen molar-refractivity contribution in [2.75, 3.05) is 26.4 Å². The Morgan fingerprint density at radius 3 is 2.71 bits per heavy atom. The third-order valence-electron chi connectivity index (χ3n) is 5.38. The van der Waals surface area contributed by atoms with Crippen LogP contribution in [-0.2, 0) is 11.2 Å². The number of nitrogen functional groups attached to an aromatic ring is 1. The molecule has 3 rings (SSSR count). The first kappa shape index (κ1) is 21.9. The lowest BCUT2D eigenvalue weighted by atomic mass is 9.88. The molecule has 9 heteroatoms. The Kier molecular flexibility index (Phi) is 6.05. The van der Waals surface area contributed by atoms with Gasteiger partial charge in [-0.05, 0) is 47.7 Å². The van der Waals surface area contributed by atoms with E-state index in [0.29, 0.717) is 28.7 Å². The van der Waals surface area contributed by atoms with E-state index in [1.54, 1.807) is 13.1 Å². The van der Waals surface area contributed by atoms with E-state index in [4.69, 9.17) is 16.9 Å². The molecule has 2 bridgehead atoms. The monoisotopic (exact) mass is 424 g/mol. The average Bonchev–Trinajstić information content (AvgIpc) is 2.71. The highest BCUT2D eigenvalue weighted by Crippen LogP contribution is 2.30. The summed E-state index contributed by atoms with van der Waals surface area (Å²) >= 11 is 0. The van der Waals surface area contributed by atoms with Crippen LogP contribution in [0.15, 0.2) is 36.2 Å². The first-order valence-corrected chi connectivity index (χ1v) is 9.73. The van der Waals surface area contributed by atoms with Gasteiger partial charge in [0, 0.05) is 37.0 Å². The number of halogens is 1. The lowest BCUT2D eigenvalue weighted by Gasteiger charge is -2.25. The normalized spacial score (nSPS) is 18.6. The second-order valence-electron chi connectivity index (χ2n) is 7.61. The maximum absolute atomic E-state index is 14.0. The van der Waals surface area contributed by atoms with Gasteiger partial charge >= 0.3 is 0 Å². The highest BCUT2D eigenvalue weighted by Gasteiger charge is 2.26. The zero-order valence-electron chi connectivity index (χ0n) is 17.6. The Bertz CT molecular complexity index is 1110. The third-order valence-corrected chi connectivity index (χ3v) is 5.38. The summed E-state index contributed by atoms with van der Waals surface area (Å²) in [5.41, 5.74) is 13.9. The quantitative estimate of drug-likeness (QED) is 0.543. The van der Waals surface area contributed by atoms with Gasteiger partial charge in [0.2, 0.25) is 0 Å². The predicted molar refractivity (Wildman–Crippen MR) is 117 cm³/mol. The SMILES string of the molecule is CN/C(C(N)=O)=C1\C(=N)CN(C)C(=O)c2ccc(F)cc2C(C)Cc2cc1cnc2N. The van der Waals surface area contributed by atoms with Crippen LogP contribution >= 0.6 is 0 Å². The number of primary amides is 1. The molecule has 1 aromatic heterocycles. The number of anilines is 1. The fourth-order valence-electron chi connectivity index (χ4n) is 3.83. The smallest absolute Gasteiger partial charge is 0.265 e. The fraction of sp³-hybridized carbons (Fsp3) is 0.273. The summed E-state index contributed by atoms with van der Waals surface area (Å²) in [6.07, 6.45) is 1.85. The largest absolute Gasteiger partial charge is 0.383 e. The number of fused-ring (bicyclic) bond motifs is 3. The molecule has 0 radical (unpaired) electrons. The molecule has 0 saturated carbocycles. The molecule has 6 N–H and O–H groups in total. The molecule has 1 atom stereocenters. The number of pyridine rings is 1. The summed E-state index contributed by atoms with van der Waals surface area (Å²) < 4.78 is 14.0. The number of hydrogen-bond acceptors (Lipinski definition) is 6. The predicted octanol–water partition coefficient (Wildman–Crippen LogP) is 1.67. The molecule has 0 spiro atoms. The van der Waals surface area contributed by atoms with Crippen molar-refractivity contribution in [1.29, 1.82) is 5.41 Å². The molecule has 0 aliphatic carbocycles. The van der Waals surface area contributed by atoms with Gasteiger partial charge in [0.15, 0.2) is 0 Å². The summed E-state index contributed by atoms with van der Waals surface area (Å²) in [5.74, 6) is -1.49. The summed E-state index contributed by atoms with van der Waals surface area (Å²) in [7, 11) is 3.08. The van der Waals surface area contributed by atoms with E-state index >= 15 is 0 Å². The highest BCUT2D eigenvalue weighted by molar-refractivity contribution is 6.28. The number of nitrogens with one attached hydrogen (secondary N) is 2. The number of aromatic nitrogens is 1. The molecule has 1 aromatic carbocycles.